The lowest BCUT2D eigenvalue weighted by molar-refractivity contribution is -0.148. The summed E-state index contributed by atoms with van der Waals surface area (Å²) in [4.78, 5) is 25.8. The molecule has 1 aliphatic rings. The zero-order valence-corrected chi connectivity index (χ0v) is 14.4. The van der Waals surface area contributed by atoms with Crippen molar-refractivity contribution in [3.05, 3.63) is 35.9 Å². The molecule has 1 aromatic rings. The lowest BCUT2D eigenvalue weighted by atomic mass is 9.90. The average molecular weight is 334 g/mol. The van der Waals surface area contributed by atoms with E-state index in [9.17, 15) is 9.59 Å². The molecule has 6 heteroatoms. The molecule has 0 radical (unpaired) electrons. The van der Waals surface area contributed by atoms with E-state index in [1.165, 1.54) is 19.8 Å². The fraction of sp³-hybridized carbons (Fsp3) is 0.556. The number of rotatable bonds is 6. The van der Waals surface area contributed by atoms with Crippen LogP contribution in [0.4, 0.5) is 0 Å². The van der Waals surface area contributed by atoms with E-state index in [0.29, 0.717) is 19.0 Å². The number of hydrogen-bond donors (Lipinski definition) is 1. The van der Waals surface area contributed by atoms with Crippen LogP contribution in [0.5, 0.6) is 0 Å². The molecule has 132 valence electrons. The van der Waals surface area contributed by atoms with Crippen molar-refractivity contribution in [2.75, 3.05) is 33.9 Å². The van der Waals surface area contributed by atoms with Crippen LogP contribution in [-0.4, -0.2) is 56.9 Å². The number of piperidine rings is 1. The van der Waals surface area contributed by atoms with Crippen LogP contribution in [0, 0.1) is 5.92 Å². The molecule has 1 fully saturated rings. The molecule has 2 amide bonds. The van der Waals surface area contributed by atoms with Crippen molar-refractivity contribution in [1.29, 1.82) is 0 Å². The first-order chi connectivity index (χ1) is 11.6. The first-order valence-electron chi connectivity index (χ1n) is 8.30. The minimum absolute atomic E-state index is 0.155. The van der Waals surface area contributed by atoms with Gasteiger partial charge in [-0.2, -0.15) is 0 Å². The second-order valence-corrected chi connectivity index (χ2v) is 6.04. The molecule has 0 atom stereocenters. The van der Waals surface area contributed by atoms with Crippen LogP contribution in [-0.2, 0) is 25.5 Å². The van der Waals surface area contributed by atoms with Crippen LogP contribution in [0.3, 0.4) is 0 Å². The zero-order valence-electron chi connectivity index (χ0n) is 14.4. The van der Waals surface area contributed by atoms with Crippen molar-refractivity contribution < 1.29 is 19.1 Å². The number of ether oxygens (including phenoxy) is 2. The Morgan fingerprint density at radius 2 is 1.79 bits per heavy atom. The number of carbonyl (C=O) groups is 2. The van der Waals surface area contributed by atoms with Gasteiger partial charge >= 0.3 is 11.8 Å². The fourth-order valence-electron chi connectivity index (χ4n) is 2.95. The van der Waals surface area contributed by atoms with Gasteiger partial charge < -0.3 is 19.7 Å². The van der Waals surface area contributed by atoms with Crippen LogP contribution in [0.2, 0.25) is 0 Å². The van der Waals surface area contributed by atoms with E-state index in [-0.39, 0.29) is 6.54 Å². The third-order valence-corrected chi connectivity index (χ3v) is 4.42. The summed E-state index contributed by atoms with van der Waals surface area (Å²) < 4.78 is 9.97. The Morgan fingerprint density at radius 1 is 1.17 bits per heavy atom. The highest BCUT2D eigenvalue weighted by Crippen LogP contribution is 2.21. The van der Waals surface area contributed by atoms with E-state index >= 15 is 0 Å². The van der Waals surface area contributed by atoms with Gasteiger partial charge in [0.05, 0.1) is 6.54 Å². The number of benzene rings is 1. The number of hydrogen-bond acceptors (Lipinski definition) is 4. The average Bonchev–Trinajstić information content (AvgIpc) is 2.63. The Labute approximate surface area is 143 Å². The molecule has 0 saturated carbocycles. The maximum Gasteiger partial charge on any atom is 0.311 e. The summed E-state index contributed by atoms with van der Waals surface area (Å²) >= 11 is 0. The van der Waals surface area contributed by atoms with E-state index in [0.717, 1.165) is 19.3 Å². The quantitative estimate of drug-likeness (QED) is 0.627. The summed E-state index contributed by atoms with van der Waals surface area (Å²) in [5, 5.41) is 2.55. The summed E-state index contributed by atoms with van der Waals surface area (Å²) in [5.74, 6) is -0.513. The highest BCUT2D eigenvalue weighted by atomic mass is 16.7. The van der Waals surface area contributed by atoms with Crippen molar-refractivity contribution in [3.8, 4) is 0 Å². The van der Waals surface area contributed by atoms with Gasteiger partial charge in [-0.25, -0.2) is 0 Å². The SMILES string of the molecule is COC(CNC(=O)C(=O)N1CCC(Cc2ccccc2)CC1)OC. The van der Waals surface area contributed by atoms with Crippen LogP contribution in [0.25, 0.3) is 0 Å². The zero-order chi connectivity index (χ0) is 17.4. The van der Waals surface area contributed by atoms with Crippen molar-refractivity contribution in [1.82, 2.24) is 10.2 Å². The minimum Gasteiger partial charge on any atom is -0.354 e. The molecule has 1 N–H and O–H groups in total. The van der Waals surface area contributed by atoms with Gasteiger partial charge in [-0.1, -0.05) is 30.3 Å². The van der Waals surface area contributed by atoms with E-state index in [1.807, 2.05) is 18.2 Å². The molecular weight excluding hydrogens is 308 g/mol. The maximum atomic E-state index is 12.2. The molecule has 1 saturated heterocycles. The van der Waals surface area contributed by atoms with Gasteiger partial charge in [-0.15, -0.1) is 0 Å². The van der Waals surface area contributed by atoms with Gasteiger partial charge in [-0.05, 0) is 30.7 Å². The molecule has 1 aliphatic heterocycles. The highest BCUT2D eigenvalue weighted by molar-refractivity contribution is 6.35. The first kappa shape index (κ1) is 18.4. The Bertz CT molecular complexity index is 523. The topological polar surface area (TPSA) is 67.9 Å². The lowest BCUT2D eigenvalue weighted by Crippen LogP contribution is -2.48. The molecule has 1 heterocycles. The normalized spacial score (nSPS) is 15.5. The van der Waals surface area contributed by atoms with Gasteiger partial charge in [0, 0.05) is 27.3 Å². The summed E-state index contributed by atoms with van der Waals surface area (Å²) in [6.45, 7) is 1.41. The fourth-order valence-corrected chi connectivity index (χ4v) is 2.95. The molecule has 0 aromatic heterocycles. The predicted molar refractivity (Wildman–Crippen MR) is 90.3 cm³/mol. The van der Waals surface area contributed by atoms with E-state index in [4.69, 9.17) is 9.47 Å². The van der Waals surface area contributed by atoms with Crippen LogP contribution >= 0.6 is 0 Å². The number of likely N-dealkylation sites (tertiary alicyclic amines) is 1. The van der Waals surface area contributed by atoms with Gasteiger partial charge in [0.15, 0.2) is 6.29 Å². The summed E-state index contributed by atoms with van der Waals surface area (Å²) in [7, 11) is 2.97. The largest absolute Gasteiger partial charge is 0.354 e. The van der Waals surface area contributed by atoms with Crippen molar-refractivity contribution >= 4 is 11.8 Å². The van der Waals surface area contributed by atoms with E-state index < -0.39 is 18.1 Å². The minimum atomic E-state index is -0.601. The Morgan fingerprint density at radius 3 is 2.38 bits per heavy atom. The Balaban J connectivity index is 1.74. The van der Waals surface area contributed by atoms with Gasteiger partial charge in [0.25, 0.3) is 0 Å². The summed E-state index contributed by atoms with van der Waals surface area (Å²) in [6, 6.07) is 10.4. The van der Waals surface area contributed by atoms with Crippen molar-refractivity contribution in [2.45, 2.75) is 25.6 Å². The number of amides is 2. The Hall–Kier alpha value is -1.92. The molecule has 24 heavy (non-hydrogen) atoms. The van der Waals surface area contributed by atoms with Crippen LogP contribution in [0.15, 0.2) is 30.3 Å². The smallest absolute Gasteiger partial charge is 0.311 e. The second kappa shape index (κ2) is 9.39. The van der Waals surface area contributed by atoms with Crippen molar-refractivity contribution in [3.63, 3.8) is 0 Å². The molecular formula is C18H26N2O4. The molecule has 0 unspecified atom stereocenters. The van der Waals surface area contributed by atoms with Gasteiger partial charge in [0.1, 0.15) is 0 Å². The third kappa shape index (κ3) is 5.32. The maximum absolute atomic E-state index is 12.2. The van der Waals surface area contributed by atoms with Crippen molar-refractivity contribution in [2.24, 2.45) is 5.92 Å². The number of nitrogens with zero attached hydrogens (tertiary/aromatic N) is 1. The van der Waals surface area contributed by atoms with Gasteiger partial charge in [-0.3, -0.25) is 9.59 Å². The molecule has 2 rings (SSSR count). The van der Waals surface area contributed by atoms with E-state index in [1.54, 1.807) is 4.90 Å². The first-order valence-corrected chi connectivity index (χ1v) is 8.30. The predicted octanol–water partition coefficient (Wildman–Crippen LogP) is 1.20. The molecule has 6 nitrogen and oxygen atoms in total. The molecule has 1 aromatic carbocycles. The highest BCUT2D eigenvalue weighted by Gasteiger charge is 2.27. The Kier molecular flexibility index (Phi) is 7.21. The third-order valence-electron chi connectivity index (χ3n) is 4.42. The van der Waals surface area contributed by atoms with Crippen LogP contribution < -0.4 is 5.32 Å². The monoisotopic (exact) mass is 334 g/mol. The standard InChI is InChI=1S/C18H26N2O4/c1-23-16(24-2)13-19-17(21)18(22)20-10-8-15(9-11-20)12-14-6-4-3-5-7-14/h3-7,15-16H,8-13H2,1-2H3,(H,19,21). The van der Waals surface area contributed by atoms with Crippen LogP contribution in [0.1, 0.15) is 18.4 Å². The molecule has 0 spiro atoms. The molecule has 0 bridgehead atoms. The summed E-state index contributed by atoms with van der Waals surface area (Å²) in [6.07, 6.45) is 2.33. The summed E-state index contributed by atoms with van der Waals surface area (Å²) in [5.41, 5.74) is 1.32. The second-order valence-electron chi connectivity index (χ2n) is 6.04. The van der Waals surface area contributed by atoms with E-state index in [2.05, 4.69) is 17.4 Å². The molecule has 0 aliphatic carbocycles. The number of carbonyl (C=O) groups excluding carboxylic acids is 2. The lowest BCUT2D eigenvalue weighted by Gasteiger charge is -2.31. The van der Waals surface area contributed by atoms with Gasteiger partial charge in [0.2, 0.25) is 0 Å². The number of nitrogens with one attached hydrogen (secondary N) is 1. The number of methoxy groups -OCH3 is 2.